The lowest BCUT2D eigenvalue weighted by molar-refractivity contribution is 0.0697. The first-order valence-corrected chi connectivity index (χ1v) is 7.11. The number of rotatable bonds is 6. The lowest BCUT2D eigenvalue weighted by Crippen LogP contribution is -2.26. The molecule has 0 fully saturated rings. The molecule has 0 bridgehead atoms. The molecule has 1 atom stereocenters. The van der Waals surface area contributed by atoms with Crippen molar-refractivity contribution in [1.29, 1.82) is 0 Å². The van der Waals surface area contributed by atoms with Gasteiger partial charge in [-0.25, -0.2) is 9.48 Å². The molecule has 0 aliphatic carbocycles. The average Bonchev–Trinajstić information content (AvgIpc) is 2.79. The van der Waals surface area contributed by atoms with Crippen LogP contribution in [0.25, 0.3) is 11.0 Å². The van der Waals surface area contributed by atoms with E-state index in [2.05, 4.69) is 29.1 Å². The topological polar surface area (TPSA) is 71.2 Å². The van der Waals surface area contributed by atoms with E-state index >= 15 is 0 Å². The highest BCUT2D eigenvalue weighted by atomic mass is 16.4. The Hall–Kier alpha value is -1.95. The van der Waals surface area contributed by atoms with E-state index in [1.54, 1.807) is 18.2 Å². The Morgan fingerprint density at radius 1 is 1.38 bits per heavy atom. The van der Waals surface area contributed by atoms with Crippen LogP contribution in [0.4, 0.5) is 0 Å². The molecule has 0 aliphatic rings. The van der Waals surface area contributed by atoms with Gasteiger partial charge < -0.3 is 10.0 Å². The zero-order valence-electron chi connectivity index (χ0n) is 12.9. The van der Waals surface area contributed by atoms with Crippen LogP contribution in [0.1, 0.15) is 36.7 Å². The van der Waals surface area contributed by atoms with Crippen molar-refractivity contribution in [2.24, 2.45) is 5.92 Å². The van der Waals surface area contributed by atoms with E-state index in [0.717, 1.165) is 18.5 Å². The van der Waals surface area contributed by atoms with Gasteiger partial charge in [0.1, 0.15) is 5.52 Å². The zero-order chi connectivity index (χ0) is 15.6. The summed E-state index contributed by atoms with van der Waals surface area (Å²) >= 11 is 0. The molecular weight excluding hydrogens is 268 g/mol. The van der Waals surface area contributed by atoms with Crippen LogP contribution < -0.4 is 0 Å². The van der Waals surface area contributed by atoms with Gasteiger partial charge in [0.2, 0.25) is 0 Å². The van der Waals surface area contributed by atoms with Crippen LogP contribution in [-0.4, -0.2) is 51.6 Å². The monoisotopic (exact) mass is 290 g/mol. The van der Waals surface area contributed by atoms with Crippen LogP contribution in [0.3, 0.4) is 0 Å². The molecule has 21 heavy (non-hydrogen) atoms. The minimum absolute atomic E-state index is 0.223. The zero-order valence-corrected chi connectivity index (χ0v) is 12.9. The van der Waals surface area contributed by atoms with Crippen molar-refractivity contribution < 1.29 is 9.90 Å². The summed E-state index contributed by atoms with van der Waals surface area (Å²) in [5.41, 5.74) is 1.75. The van der Waals surface area contributed by atoms with Gasteiger partial charge in [0.15, 0.2) is 0 Å². The molecule has 1 unspecified atom stereocenters. The number of aromatic carboxylic acids is 1. The second-order valence-electron chi connectivity index (χ2n) is 6.09. The maximum absolute atomic E-state index is 11.0. The van der Waals surface area contributed by atoms with E-state index in [1.165, 1.54) is 0 Å². The summed E-state index contributed by atoms with van der Waals surface area (Å²) in [7, 11) is 4.07. The fourth-order valence-electron chi connectivity index (χ4n) is 2.56. The highest BCUT2D eigenvalue weighted by molar-refractivity contribution is 5.92. The van der Waals surface area contributed by atoms with Gasteiger partial charge in [0.05, 0.1) is 17.1 Å². The summed E-state index contributed by atoms with van der Waals surface area (Å²) in [6, 6.07) is 5.19. The molecule has 0 spiro atoms. The van der Waals surface area contributed by atoms with Crippen LogP contribution in [0.5, 0.6) is 0 Å². The number of aromatic nitrogens is 3. The minimum Gasteiger partial charge on any atom is -0.478 e. The fourth-order valence-corrected chi connectivity index (χ4v) is 2.56. The Kier molecular flexibility index (Phi) is 4.57. The number of nitrogens with zero attached hydrogens (tertiary/aromatic N) is 4. The van der Waals surface area contributed by atoms with Gasteiger partial charge in [-0.05, 0) is 44.6 Å². The quantitative estimate of drug-likeness (QED) is 0.883. The summed E-state index contributed by atoms with van der Waals surface area (Å²) in [6.07, 6.45) is 0.997. The summed E-state index contributed by atoms with van der Waals surface area (Å²) in [6.45, 7) is 5.24. The average molecular weight is 290 g/mol. The van der Waals surface area contributed by atoms with E-state index in [0.29, 0.717) is 11.4 Å². The molecule has 2 rings (SSSR count). The molecule has 1 aromatic carbocycles. The van der Waals surface area contributed by atoms with Crippen molar-refractivity contribution in [3.63, 3.8) is 0 Å². The highest BCUT2D eigenvalue weighted by Crippen LogP contribution is 2.23. The largest absolute Gasteiger partial charge is 0.478 e. The van der Waals surface area contributed by atoms with Crippen molar-refractivity contribution in [3.05, 3.63) is 23.8 Å². The molecule has 6 nitrogen and oxygen atoms in total. The Morgan fingerprint density at radius 2 is 2.10 bits per heavy atom. The fraction of sp³-hybridized carbons (Fsp3) is 0.533. The van der Waals surface area contributed by atoms with Gasteiger partial charge >= 0.3 is 5.97 Å². The molecule has 0 radical (unpaired) electrons. The molecule has 0 saturated heterocycles. The van der Waals surface area contributed by atoms with Crippen molar-refractivity contribution in [2.45, 2.75) is 26.3 Å². The number of likely N-dealkylation sites (N-methyl/N-ethyl adjacent to an activating group) is 1. The van der Waals surface area contributed by atoms with E-state index < -0.39 is 5.97 Å². The second kappa shape index (κ2) is 6.22. The molecule has 2 aromatic rings. The molecular formula is C15H22N4O2. The standard InChI is InChI=1S/C15H22N4O2/c1-10(2)7-12(9-18(3)4)19-14-6-5-11(15(20)21)8-13(14)16-17-19/h5-6,8,10,12H,7,9H2,1-4H3,(H,20,21). The first kappa shape index (κ1) is 15.4. The highest BCUT2D eigenvalue weighted by Gasteiger charge is 2.19. The SMILES string of the molecule is CC(C)CC(CN(C)C)n1nnc2cc(C(=O)O)ccc21. The molecule has 0 amide bonds. The van der Waals surface area contributed by atoms with E-state index in [-0.39, 0.29) is 11.6 Å². The Morgan fingerprint density at radius 3 is 2.67 bits per heavy atom. The predicted molar refractivity (Wildman–Crippen MR) is 81.5 cm³/mol. The minimum atomic E-state index is -0.946. The number of carboxylic acid groups (broad SMARTS) is 1. The summed E-state index contributed by atoms with van der Waals surface area (Å²) in [5.74, 6) is -0.397. The summed E-state index contributed by atoms with van der Waals surface area (Å²) < 4.78 is 1.92. The third-order valence-electron chi connectivity index (χ3n) is 3.38. The van der Waals surface area contributed by atoms with Gasteiger partial charge in [0.25, 0.3) is 0 Å². The first-order chi connectivity index (χ1) is 9.88. The van der Waals surface area contributed by atoms with E-state index in [1.807, 2.05) is 18.8 Å². The van der Waals surface area contributed by atoms with Crippen molar-refractivity contribution in [1.82, 2.24) is 19.9 Å². The number of fused-ring (bicyclic) bond motifs is 1. The van der Waals surface area contributed by atoms with Crippen LogP contribution in [0.15, 0.2) is 18.2 Å². The molecule has 0 aliphatic heterocycles. The third kappa shape index (κ3) is 3.58. The predicted octanol–water partition coefficient (Wildman–Crippen LogP) is 2.28. The van der Waals surface area contributed by atoms with Crippen LogP contribution in [-0.2, 0) is 0 Å². The van der Waals surface area contributed by atoms with Crippen LogP contribution in [0, 0.1) is 5.92 Å². The molecule has 0 saturated carbocycles. The smallest absolute Gasteiger partial charge is 0.335 e. The second-order valence-corrected chi connectivity index (χ2v) is 6.09. The number of hydrogen-bond donors (Lipinski definition) is 1. The molecule has 1 N–H and O–H groups in total. The molecule has 114 valence electrons. The van der Waals surface area contributed by atoms with Gasteiger partial charge in [-0.2, -0.15) is 0 Å². The maximum Gasteiger partial charge on any atom is 0.335 e. The van der Waals surface area contributed by atoms with Gasteiger partial charge in [-0.3, -0.25) is 0 Å². The lowest BCUT2D eigenvalue weighted by atomic mass is 10.0. The first-order valence-electron chi connectivity index (χ1n) is 7.11. The van der Waals surface area contributed by atoms with Crippen molar-refractivity contribution in [2.75, 3.05) is 20.6 Å². The molecule has 1 aromatic heterocycles. The number of carboxylic acids is 1. The Balaban J connectivity index is 2.40. The van der Waals surface area contributed by atoms with Gasteiger partial charge in [-0.1, -0.05) is 19.1 Å². The van der Waals surface area contributed by atoms with Gasteiger partial charge in [0, 0.05) is 6.54 Å². The Labute approximate surface area is 124 Å². The number of hydrogen-bond acceptors (Lipinski definition) is 4. The van der Waals surface area contributed by atoms with Crippen molar-refractivity contribution in [3.8, 4) is 0 Å². The normalized spacial score (nSPS) is 13.2. The lowest BCUT2D eigenvalue weighted by Gasteiger charge is -2.23. The molecule has 6 heteroatoms. The Bertz CT molecular complexity index is 624. The number of carbonyl (C=O) groups is 1. The van der Waals surface area contributed by atoms with Crippen LogP contribution >= 0.6 is 0 Å². The van der Waals surface area contributed by atoms with E-state index in [4.69, 9.17) is 5.11 Å². The van der Waals surface area contributed by atoms with E-state index in [9.17, 15) is 4.79 Å². The van der Waals surface area contributed by atoms with Crippen LogP contribution in [0.2, 0.25) is 0 Å². The third-order valence-corrected chi connectivity index (χ3v) is 3.38. The van der Waals surface area contributed by atoms with Crippen molar-refractivity contribution >= 4 is 17.0 Å². The number of benzene rings is 1. The van der Waals surface area contributed by atoms with Gasteiger partial charge in [-0.15, -0.1) is 5.10 Å². The maximum atomic E-state index is 11.0. The summed E-state index contributed by atoms with van der Waals surface area (Å²) in [4.78, 5) is 13.1. The summed E-state index contributed by atoms with van der Waals surface area (Å²) in [5, 5.41) is 17.4. The molecule has 1 heterocycles.